The molecule has 1 aliphatic heterocycles. The zero-order valence-corrected chi connectivity index (χ0v) is 12.6. The molecule has 0 saturated heterocycles. The summed E-state index contributed by atoms with van der Waals surface area (Å²) in [7, 11) is 0. The lowest BCUT2D eigenvalue weighted by atomic mass is 9.98. The van der Waals surface area contributed by atoms with Crippen molar-refractivity contribution in [3.63, 3.8) is 0 Å². The lowest BCUT2D eigenvalue weighted by Crippen LogP contribution is -2.56. The van der Waals surface area contributed by atoms with Gasteiger partial charge in [-0.3, -0.25) is 4.79 Å². The highest BCUT2D eigenvalue weighted by molar-refractivity contribution is 5.78. The molecule has 2 atom stereocenters. The Morgan fingerprint density at radius 3 is 2.90 bits per heavy atom. The van der Waals surface area contributed by atoms with Gasteiger partial charge in [-0.15, -0.1) is 0 Å². The highest BCUT2D eigenvalue weighted by Gasteiger charge is 2.48. The molecule has 1 aromatic carbocycles. The maximum Gasteiger partial charge on any atom is 0.309 e. The fraction of sp³-hybridized carbons (Fsp3) is 0.562. The first kappa shape index (κ1) is 14.0. The molecular weight excluding hydrogens is 270 g/mol. The van der Waals surface area contributed by atoms with E-state index in [-0.39, 0.29) is 23.4 Å². The number of fused-ring (bicyclic) bond motifs is 1. The van der Waals surface area contributed by atoms with Gasteiger partial charge in [0, 0.05) is 39.6 Å². The van der Waals surface area contributed by atoms with Crippen molar-refractivity contribution in [2.24, 2.45) is 5.92 Å². The number of nitroso groups, excluding NO2 is 1. The van der Waals surface area contributed by atoms with Crippen molar-refractivity contribution in [1.29, 1.82) is 0 Å². The van der Waals surface area contributed by atoms with Crippen LogP contribution in [0.15, 0.2) is 12.1 Å². The number of hydrogen-bond acceptors (Lipinski definition) is 4. The van der Waals surface area contributed by atoms with E-state index in [2.05, 4.69) is 0 Å². The number of carbonyl (C=O) groups is 1. The fourth-order valence-electron chi connectivity index (χ4n) is 3.11. The molecule has 0 bridgehead atoms. The fourth-order valence-corrected chi connectivity index (χ4v) is 3.11. The molecule has 0 amide bonds. The number of benzene rings is 1. The van der Waals surface area contributed by atoms with E-state index < -0.39 is 0 Å². The Morgan fingerprint density at radius 2 is 2.24 bits per heavy atom. The van der Waals surface area contributed by atoms with Crippen LogP contribution in [0, 0.1) is 10.8 Å². The summed E-state index contributed by atoms with van der Waals surface area (Å²) in [6, 6.07) is 3.77. The maximum absolute atomic E-state index is 11.8. The van der Waals surface area contributed by atoms with Gasteiger partial charge in [0.05, 0.1) is 12.5 Å². The Hall–Kier alpha value is -1.91. The first-order valence-corrected chi connectivity index (χ1v) is 7.36. The molecule has 5 heteroatoms. The first-order chi connectivity index (χ1) is 9.95. The van der Waals surface area contributed by atoms with Crippen LogP contribution in [-0.2, 0) is 16.0 Å². The van der Waals surface area contributed by atoms with Gasteiger partial charge in [-0.2, -0.15) is 0 Å². The number of esters is 1. The zero-order chi connectivity index (χ0) is 15.2. The summed E-state index contributed by atoms with van der Waals surface area (Å²) in [6.07, 6.45) is 1.51. The van der Waals surface area contributed by atoms with E-state index in [0.717, 1.165) is 29.7 Å². The van der Waals surface area contributed by atoms with E-state index in [9.17, 15) is 9.70 Å². The van der Waals surface area contributed by atoms with Crippen LogP contribution >= 0.6 is 0 Å². The Bertz CT molecular complexity index is 609. The summed E-state index contributed by atoms with van der Waals surface area (Å²) in [6.45, 7) is 6.23. The molecule has 0 aromatic heterocycles. The van der Waals surface area contributed by atoms with Crippen LogP contribution in [0.5, 0.6) is 5.75 Å². The van der Waals surface area contributed by atoms with E-state index in [1.165, 1.54) is 0 Å². The van der Waals surface area contributed by atoms with E-state index >= 15 is 0 Å². The zero-order valence-electron chi connectivity index (χ0n) is 12.6. The summed E-state index contributed by atoms with van der Waals surface area (Å²) < 4.78 is 11.0. The molecular formula is C16H20NO4+. The molecule has 1 saturated carbocycles. The number of hydrogen-bond donors (Lipinski definition) is 1. The second kappa shape index (κ2) is 4.83. The second-order valence-corrected chi connectivity index (χ2v) is 6.39. The second-order valence-electron chi connectivity index (χ2n) is 6.39. The normalized spacial score (nSPS) is 24.9. The molecule has 1 heterocycles. The molecule has 21 heavy (non-hydrogen) atoms. The molecule has 3 rings (SSSR count). The van der Waals surface area contributed by atoms with Gasteiger partial charge >= 0.3 is 5.97 Å². The van der Waals surface area contributed by atoms with Crippen LogP contribution in [0.4, 0.5) is 5.69 Å². The molecule has 2 unspecified atom stereocenters. The quantitative estimate of drug-likeness (QED) is 0.854. The number of rotatable bonds is 4. The Labute approximate surface area is 123 Å². The Balaban J connectivity index is 1.88. The summed E-state index contributed by atoms with van der Waals surface area (Å²) in [5.74, 6) is 0.562. The molecule has 1 aliphatic carbocycles. The maximum atomic E-state index is 11.8. The predicted octanol–water partition coefficient (Wildman–Crippen LogP) is 1.55. The van der Waals surface area contributed by atoms with Gasteiger partial charge < -0.3 is 9.47 Å². The lowest BCUT2D eigenvalue weighted by Gasteiger charge is -2.16. The van der Waals surface area contributed by atoms with Gasteiger partial charge in [0.2, 0.25) is 0 Å². The number of nitrogens with one attached hydrogen (secondary N) is 1. The first-order valence-electron chi connectivity index (χ1n) is 7.36. The topological polar surface area (TPSA) is 66.6 Å². The largest absolute Gasteiger partial charge is 0.487 e. The van der Waals surface area contributed by atoms with Gasteiger partial charge in [-0.25, -0.2) is 0 Å². The molecule has 112 valence electrons. The van der Waals surface area contributed by atoms with Crippen molar-refractivity contribution in [3.05, 3.63) is 28.2 Å². The van der Waals surface area contributed by atoms with Crippen LogP contribution < -0.4 is 9.91 Å². The molecule has 2 aliphatic rings. The SMILES string of the molecule is CCOC(=O)C1CC1c1cc2c(cc1[NH+]=O)CC(C)(C)O2. The average molecular weight is 290 g/mol. The molecule has 5 nitrogen and oxygen atoms in total. The van der Waals surface area contributed by atoms with E-state index in [1.807, 2.05) is 31.2 Å². The average Bonchev–Trinajstić information content (AvgIpc) is 3.14. The highest BCUT2D eigenvalue weighted by atomic mass is 16.5. The minimum atomic E-state index is -0.245. The van der Waals surface area contributed by atoms with Crippen molar-refractivity contribution >= 4 is 11.7 Å². The van der Waals surface area contributed by atoms with Crippen LogP contribution in [0.25, 0.3) is 0 Å². The predicted molar refractivity (Wildman–Crippen MR) is 76.3 cm³/mol. The van der Waals surface area contributed by atoms with Crippen LogP contribution in [0.1, 0.15) is 44.2 Å². The molecule has 1 fully saturated rings. The third-order valence-electron chi connectivity index (χ3n) is 4.12. The minimum absolute atomic E-state index is 0.0538. The van der Waals surface area contributed by atoms with Crippen molar-refractivity contribution in [2.45, 2.75) is 45.1 Å². The minimum Gasteiger partial charge on any atom is -0.487 e. The smallest absolute Gasteiger partial charge is 0.309 e. The van der Waals surface area contributed by atoms with E-state index in [1.54, 1.807) is 6.92 Å². The third-order valence-corrected chi connectivity index (χ3v) is 4.12. The van der Waals surface area contributed by atoms with Crippen LogP contribution in [0.2, 0.25) is 0 Å². The third kappa shape index (κ3) is 2.52. The number of ether oxygens (including phenoxy) is 2. The van der Waals surface area contributed by atoms with Gasteiger partial charge in [0.15, 0.2) is 0 Å². The molecule has 0 spiro atoms. The van der Waals surface area contributed by atoms with Gasteiger partial charge in [0.25, 0.3) is 5.69 Å². The summed E-state index contributed by atoms with van der Waals surface area (Å²) >= 11 is 0. The van der Waals surface area contributed by atoms with Crippen LogP contribution in [0.3, 0.4) is 0 Å². The lowest BCUT2D eigenvalue weighted by molar-refractivity contribution is -0.380. The van der Waals surface area contributed by atoms with E-state index in [4.69, 9.17) is 9.47 Å². The monoisotopic (exact) mass is 290 g/mol. The van der Waals surface area contributed by atoms with Crippen LogP contribution in [-0.4, -0.2) is 18.2 Å². The summed E-state index contributed by atoms with van der Waals surface area (Å²) in [5.41, 5.74) is 2.20. The van der Waals surface area contributed by atoms with Crippen molar-refractivity contribution in [2.75, 3.05) is 6.61 Å². The summed E-state index contributed by atoms with van der Waals surface area (Å²) in [4.78, 5) is 23.0. The molecule has 1 N–H and O–H groups in total. The van der Waals surface area contributed by atoms with Gasteiger partial charge in [0.1, 0.15) is 11.4 Å². The van der Waals surface area contributed by atoms with Crippen molar-refractivity contribution in [1.82, 2.24) is 0 Å². The summed E-state index contributed by atoms with van der Waals surface area (Å²) in [5, 5.41) is 2.01. The van der Waals surface area contributed by atoms with Gasteiger partial charge in [-0.1, -0.05) is 0 Å². The van der Waals surface area contributed by atoms with Crippen molar-refractivity contribution in [3.8, 4) is 5.75 Å². The standard InChI is InChI=1S/C16H19NO4/c1-4-20-15(18)12-6-10(12)11-7-14-9(5-13(11)17-19)8-16(2,3)21-14/h5,7,10,12H,4,6,8H2,1-3H3/p+1. The Kier molecular flexibility index (Phi) is 3.23. The van der Waals surface area contributed by atoms with Crippen molar-refractivity contribution < 1.29 is 19.4 Å². The van der Waals surface area contributed by atoms with Gasteiger partial charge in [-0.05, 0) is 33.3 Å². The van der Waals surface area contributed by atoms with E-state index in [0.29, 0.717) is 12.3 Å². The number of carbonyl (C=O) groups excluding carboxylic acids is 1. The molecule has 1 aromatic rings. The Morgan fingerprint density at radius 1 is 1.48 bits per heavy atom. The highest BCUT2D eigenvalue weighted by Crippen LogP contribution is 2.52. The molecule has 0 radical (unpaired) electrons.